The van der Waals surface area contributed by atoms with Crippen LogP contribution < -0.4 is 10.5 Å². The lowest BCUT2D eigenvalue weighted by atomic mass is 10.1. The van der Waals surface area contributed by atoms with Crippen molar-refractivity contribution in [2.24, 2.45) is 10.9 Å². The summed E-state index contributed by atoms with van der Waals surface area (Å²) in [5.74, 6) is 0.619. The first kappa shape index (κ1) is 14.1. The van der Waals surface area contributed by atoms with Crippen LogP contribution >= 0.6 is 15.9 Å². The molecule has 1 aliphatic rings. The predicted molar refractivity (Wildman–Crippen MR) is 75.7 cm³/mol. The number of nitrogens with zero attached hydrogens (tertiary/aromatic N) is 1. The number of nitrogens with two attached hydrogens (primary N) is 1. The quantitative estimate of drug-likeness (QED) is 0.385. The van der Waals surface area contributed by atoms with Gasteiger partial charge in [-0.05, 0) is 37.5 Å². The molecule has 19 heavy (non-hydrogen) atoms. The SMILES string of the molecule is N/C(=N/O)c1cc(Br)ccc1OCC1CCCCO1. The van der Waals surface area contributed by atoms with Gasteiger partial charge in [0.25, 0.3) is 0 Å². The third-order valence-corrected chi connectivity index (χ3v) is 3.52. The van der Waals surface area contributed by atoms with Gasteiger partial charge >= 0.3 is 0 Å². The van der Waals surface area contributed by atoms with Gasteiger partial charge in [0.05, 0.1) is 11.7 Å². The van der Waals surface area contributed by atoms with E-state index in [1.807, 2.05) is 6.07 Å². The fourth-order valence-electron chi connectivity index (χ4n) is 2.00. The molecule has 1 atom stereocenters. The number of rotatable bonds is 4. The fourth-order valence-corrected chi connectivity index (χ4v) is 2.36. The highest BCUT2D eigenvalue weighted by molar-refractivity contribution is 9.10. The molecule has 6 heteroatoms. The highest BCUT2D eigenvalue weighted by atomic mass is 79.9. The van der Waals surface area contributed by atoms with Crippen LogP contribution in [0.25, 0.3) is 0 Å². The van der Waals surface area contributed by atoms with Gasteiger partial charge in [-0.2, -0.15) is 0 Å². The molecule has 1 unspecified atom stereocenters. The summed E-state index contributed by atoms with van der Waals surface area (Å²) in [5, 5.41) is 11.8. The molecule has 0 radical (unpaired) electrons. The first-order chi connectivity index (χ1) is 9.20. The van der Waals surface area contributed by atoms with E-state index in [9.17, 15) is 0 Å². The second-order valence-electron chi connectivity index (χ2n) is 4.43. The van der Waals surface area contributed by atoms with Gasteiger partial charge < -0.3 is 20.4 Å². The Morgan fingerprint density at radius 2 is 2.37 bits per heavy atom. The van der Waals surface area contributed by atoms with Crippen LogP contribution in [-0.2, 0) is 4.74 Å². The summed E-state index contributed by atoms with van der Waals surface area (Å²) in [6.07, 6.45) is 3.42. The summed E-state index contributed by atoms with van der Waals surface area (Å²) in [5.41, 5.74) is 6.20. The standard InChI is InChI=1S/C13H17BrN2O3/c14-9-4-5-12(11(7-9)13(15)16-17)19-8-10-3-1-2-6-18-10/h4-5,7,10,17H,1-3,6,8H2,(H2,15,16). The van der Waals surface area contributed by atoms with Crippen LogP contribution in [0.2, 0.25) is 0 Å². The number of oxime groups is 1. The zero-order chi connectivity index (χ0) is 13.7. The summed E-state index contributed by atoms with van der Waals surface area (Å²) in [4.78, 5) is 0. The molecular weight excluding hydrogens is 312 g/mol. The van der Waals surface area contributed by atoms with Gasteiger partial charge in [-0.3, -0.25) is 0 Å². The maximum atomic E-state index is 8.79. The maximum absolute atomic E-state index is 8.79. The normalized spacial score (nSPS) is 20.3. The monoisotopic (exact) mass is 328 g/mol. The van der Waals surface area contributed by atoms with Crippen LogP contribution in [0, 0.1) is 0 Å². The molecule has 1 saturated heterocycles. The molecule has 5 nitrogen and oxygen atoms in total. The average molecular weight is 329 g/mol. The van der Waals surface area contributed by atoms with Crippen LogP contribution in [0.3, 0.4) is 0 Å². The molecule has 104 valence electrons. The van der Waals surface area contributed by atoms with E-state index in [1.54, 1.807) is 12.1 Å². The summed E-state index contributed by atoms with van der Waals surface area (Å²) in [7, 11) is 0. The first-order valence-electron chi connectivity index (χ1n) is 6.22. The Morgan fingerprint density at radius 3 is 3.05 bits per heavy atom. The molecule has 0 saturated carbocycles. The van der Waals surface area contributed by atoms with Crippen molar-refractivity contribution in [1.29, 1.82) is 0 Å². The summed E-state index contributed by atoms with van der Waals surface area (Å²) < 4.78 is 12.2. The molecule has 2 rings (SSSR count). The van der Waals surface area contributed by atoms with Crippen molar-refractivity contribution in [3.05, 3.63) is 28.2 Å². The zero-order valence-corrected chi connectivity index (χ0v) is 12.1. The number of amidine groups is 1. The maximum Gasteiger partial charge on any atom is 0.173 e. The summed E-state index contributed by atoms with van der Waals surface area (Å²) in [6.45, 7) is 1.27. The number of hydrogen-bond acceptors (Lipinski definition) is 4. The van der Waals surface area contributed by atoms with E-state index >= 15 is 0 Å². The van der Waals surface area contributed by atoms with Gasteiger partial charge in [0.15, 0.2) is 5.84 Å². The van der Waals surface area contributed by atoms with Crippen LogP contribution in [0.1, 0.15) is 24.8 Å². The van der Waals surface area contributed by atoms with E-state index in [-0.39, 0.29) is 11.9 Å². The van der Waals surface area contributed by atoms with Gasteiger partial charge in [-0.25, -0.2) is 0 Å². The third kappa shape index (κ3) is 3.84. The lowest BCUT2D eigenvalue weighted by molar-refractivity contribution is -0.0111. The number of ether oxygens (including phenoxy) is 2. The molecule has 0 bridgehead atoms. The minimum Gasteiger partial charge on any atom is -0.490 e. The van der Waals surface area contributed by atoms with Crippen molar-refractivity contribution in [2.75, 3.05) is 13.2 Å². The van der Waals surface area contributed by atoms with E-state index < -0.39 is 0 Å². The number of halogens is 1. The van der Waals surface area contributed by atoms with Gasteiger partial charge in [-0.15, -0.1) is 0 Å². The van der Waals surface area contributed by atoms with E-state index in [2.05, 4.69) is 21.1 Å². The third-order valence-electron chi connectivity index (χ3n) is 3.02. The number of hydrogen-bond donors (Lipinski definition) is 2. The average Bonchev–Trinajstić information content (AvgIpc) is 2.46. The van der Waals surface area contributed by atoms with Crippen LogP contribution in [0.5, 0.6) is 5.75 Å². The van der Waals surface area contributed by atoms with Crippen molar-refractivity contribution in [2.45, 2.75) is 25.4 Å². The van der Waals surface area contributed by atoms with Gasteiger partial charge in [0.2, 0.25) is 0 Å². The molecule has 0 spiro atoms. The molecule has 3 N–H and O–H groups in total. The van der Waals surface area contributed by atoms with Crippen molar-refractivity contribution in [3.8, 4) is 5.75 Å². The highest BCUT2D eigenvalue weighted by Gasteiger charge is 2.16. The Balaban J connectivity index is 2.06. The van der Waals surface area contributed by atoms with E-state index in [1.165, 1.54) is 6.42 Å². The highest BCUT2D eigenvalue weighted by Crippen LogP contribution is 2.24. The molecule has 0 amide bonds. The van der Waals surface area contributed by atoms with Gasteiger partial charge in [0, 0.05) is 11.1 Å². The molecule has 0 aromatic heterocycles. The molecule has 1 aromatic carbocycles. The molecular formula is C13H17BrN2O3. The molecule has 1 aromatic rings. The van der Waals surface area contributed by atoms with Crippen LogP contribution in [0.15, 0.2) is 27.8 Å². The minimum atomic E-state index is 0.0286. The van der Waals surface area contributed by atoms with E-state index in [0.29, 0.717) is 17.9 Å². The largest absolute Gasteiger partial charge is 0.490 e. The number of benzene rings is 1. The lowest BCUT2D eigenvalue weighted by Gasteiger charge is -2.23. The Hall–Kier alpha value is -1.27. The second kappa shape index (κ2) is 6.77. The summed E-state index contributed by atoms with van der Waals surface area (Å²) in [6, 6.07) is 5.40. The van der Waals surface area contributed by atoms with Crippen molar-refractivity contribution in [1.82, 2.24) is 0 Å². The fraction of sp³-hybridized carbons (Fsp3) is 0.462. The van der Waals surface area contributed by atoms with Crippen molar-refractivity contribution < 1.29 is 14.7 Å². The van der Waals surface area contributed by atoms with Gasteiger partial charge in [0.1, 0.15) is 12.4 Å². The Morgan fingerprint density at radius 1 is 1.53 bits per heavy atom. The predicted octanol–water partition coefficient (Wildman–Crippen LogP) is 2.49. The Bertz CT molecular complexity index is 459. The zero-order valence-electron chi connectivity index (χ0n) is 10.5. The molecule has 1 aliphatic heterocycles. The van der Waals surface area contributed by atoms with Crippen LogP contribution in [-0.4, -0.2) is 30.4 Å². The van der Waals surface area contributed by atoms with E-state index in [4.69, 9.17) is 20.4 Å². The Labute approximate surface area is 120 Å². The molecule has 0 aliphatic carbocycles. The van der Waals surface area contributed by atoms with Crippen molar-refractivity contribution in [3.63, 3.8) is 0 Å². The first-order valence-corrected chi connectivity index (χ1v) is 7.02. The topological polar surface area (TPSA) is 77.1 Å². The Kier molecular flexibility index (Phi) is 5.04. The smallest absolute Gasteiger partial charge is 0.173 e. The van der Waals surface area contributed by atoms with Crippen LogP contribution in [0.4, 0.5) is 0 Å². The molecule has 1 heterocycles. The summed E-state index contributed by atoms with van der Waals surface area (Å²) >= 11 is 3.35. The van der Waals surface area contributed by atoms with Crippen molar-refractivity contribution >= 4 is 21.8 Å². The second-order valence-corrected chi connectivity index (χ2v) is 5.34. The lowest BCUT2D eigenvalue weighted by Crippen LogP contribution is -2.26. The van der Waals surface area contributed by atoms with E-state index in [0.717, 1.165) is 23.9 Å². The molecule has 1 fully saturated rings. The van der Waals surface area contributed by atoms with Gasteiger partial charge in [-0.1, -0.05) is 21.1 Å². The minimum absolute atomic E-state index is 0.0286.